The summed E-state index contributed by atoms with van der Waals surface area (Å²) in [5.74, 6) is 0.0725. The van der Waals surface area contributed by atoms with E-state index in [1.165, 1.54) is 4.88 Å². The first-order chi connectivity index (χ1) is 14.0. The van der Waals surface area contributed by atoms with Crippen LogP contribution in [0, 0.1) is 0 Å². The quantitative estimate of drug-likeness (QED) is 0.717. The monoisotopic (exact) mass is 418 g/mol. The maximum absolute atomic E-state index is 11.3. The standard InChI is InChI=1S/C21H30N4O3S/c1-3-25(2)13-5-7-14(8-6-13)28-20-18-17-12(10-15(26)19(22)27)4-9-16(17)29-21(18)24-11-23-20/h11-15,26H,3-10H2,1-2H3,(H2,22,27)/t12-,13?,14?,15-/m1/s1. The first-order valence-electron chi connectivity index (χ1n) is 10.6. The van der Waals surface area contributed by atoms with Gasteiger partial charge in [-0.3, -0.25) is 4.79 Å². The Bertz CT molecular complexity index is 878. The lowest BCUT2D eigenvalue weighted by Gasteiger charge is -2.34. The molecule has 2 aromatic rings. The summed E-state index contributed by atoms with van der Waals surface area (Å²) in [5, 5.41) is 11.0. The Balaban J connectivity index is 1.55. The number of hydrogen-bond acceptors (Lipinski definition) is 7. The van der Waals surface area contributed by atoms with Crippen LogP contribution in [0.25, 0.3) is 10.2 Å². The molecule has 0 saturated heterocycles. The Hall–Kier alpha value is -1.77. The molecule has 1 saturated carbocycles. The Morgan fingerprint density at radius 3 is 2.79 bits per heavy atom. The summed E-state index contributed by atoms with van der Waals surface area (Å²) in [4.78, 5) is 24.9. The van der Waals surface area contributed by atoms with Crippen LogP contribution < -0.4 is 10.5 Å². The molecule has 0 bridgehead atoms. The fourth-order valence-electron chi connectivity index (χ4n) is 4.77. The predicted octanol–water partition coefficient (Wildman–Crippen LogP) is 2.60. The van der Waals surface area contributed by atoms with Crippen molar-refractivity contribution in [2.24, 2.45) is 5.73 Å². The number of hydrogen-bond donors (Lipinski definition) is 2. The molecule has 158 valence electrons. The molecule has 8 heteroatoms. The van der Waals surface area contributed by atoms with Gasteiger partial charge < -0.3 is 20.5 Å². The van der Waals surface area contributed by atoms with Gasteiger partial charge in [-0.15, -0.1) is 11.3 Å². The molecule has 2 atom stereocenters. The minimum absolute atomic E-state index is 0.0866. The van der Waals surface area contributed by atoms with E-state index in [4.69, 9.17) is 10.5 Å². The number of carbonyl (C=O) groups is 1. The van der Waals surface area contributed by atoms with Crippen molar-refractivity contribution in [3.63, 3.8) is 0 Å². The number of primary amides is 1. The molecule has 0 spiro atoms. The van der Waals surface area contributed by atoms with Crippen LogP contribution in [-0.4, -0.2) is 57.7 Å². The van der Waals surface area contributed by atoms with E-state index >= 15 is 0 Å². The Labute approximate surface area is 175 Å². The number of thiophene rings is 1. The molecule has 3 N–H and O–H groups in total. The second-order valence-electron chi connectivity index (χ2n) is 8.31. The van der Waals surface area contributed by atoms with E-state index in [0.29, 0.717) is 18.3 Å². The van der Waals surface area contributed by atoms with E-state index in [-0.39, 0.29) is 12.0 Å². The highest BCUT2D eigenvalue weighted by atomic mass is 32.1. The summed E-state index contributed by atoms with van der Waals surface area (Å²) in [6, 6.07) is 0.635. The highest BCUT2D eigenvalue weighted by Crippen LogP contribution is 2.47. The van der Waals surface area contributed by atoms with Gasteiger partial charge in [0.2, 0.25) is 11.8 Å². The highest BCUT2D eigenvalue weighted by molar-refractivity contribution is 7.19. The van der Waals surface area contributed by atoms with Crippen LogP contribution in [0.4, 0.5) is 0 Å². The zero-order valence-electron chi connectivity index (χ0n) is 17.1. The average molecular weight is 419 g/mol. The summed E-state index contributed by atoms with van der Waals surface area (Å²) in [6.45, 7) is 3.27. The van der Waals surface area contributed by atoms with Crippen molar-refractivity contribution in [3.8, 4) is 5.88 Å². The van der Waals surface area contributed by atoms with Crippen LogP contribution in [0.5, 0.6) is 5.88 Å². The third-order valence-corrected chi connectivity index (χ3v) is 7.75. The minimum Gasteiger partial charge on any atom is -0.474 e. The SMILES string of the molecule is CCN(C)C1CCC(Oc2ncnc3sc4c(c23)[C@@H](C[C@@H](O)C(N)=O)CC4)CC1. The van der Waals surface area contributed by atoms with Gasteiger partial charge in [0.05, 0.1) is 5.39 Å². The van der Waals surface area contributed by atoms with Crippen LogP contribution in [0.1, 0.15) is 61.8 Å². The van der Waals surface area contributed by atoms with Gasteiger partial charge in [-0.05, 0) is 70.0 Å². The number of carbonyl (C=O) groups excluding carboxylic acids is 1. The predicted molar refractivity (Wildman–Crippen MR) is 113 cm³/mol. The average Bonchev–Trinajstić information content (AvgIpc) is 3.28. The number of amides is 1. The van der Waals surface area contributed by atoms with E-state index in [9.17, 15) is 9.90 Å². The number of ether oxygens (including phenoxy) is 1. The molecule has 7 nitrogen and oxygen atoms in total. The maximum Gasteiger partial charge on any atom is 0.246 e. The maximum atomic E-state index is 11.3. The number of aryl methyl sites for hydroxylation is 1. The van der Waals surface area contributed by atoms with E-state index in [1.54, 1.807) is 17.7 Å². The molecule has 4 rings (SSSR count). The van der Waals surface area contributed by atoms with Gasteiger partial charge in [0.1, 0.15) is 23.4 Å². The van der Waals surface area contributed by atoms with Gasteiger partial charge in [0.25, 0.3) is 0 Å². The van der Waals surface area contributed by atoms with Crippen LogP contribution in [0.2, 0.25) is 0 Å². The molecule has 0 radical (unpaired) electrons. The van der Waals surface area contributed by atoms with Gasteiger partial charge in [0, 0.05) is 10.9 Å². The van der Waals surface area contributed by atoms with Crippen LogP contribution in [-0.2, 0) is 11.2 Å². The molecule has 0 aliphatic heterocycles. The second kappa shape index (κ2) is 8.53. The van der Waals surface area contributed by atoms with Gasteiger partial charge in [-0.2, -0.15) is 0 Å². The number of nitrogens with two attached hydrogens (primary N) is 1. The summed E-state index contributed by atoms with van der Waals surface area (Å²) in [7, 11) is 2.19. The summed E-state index contributed by atoms with van der Waals surface area (Å²) in [6.07, 6.45) is 7.13. The van der Waals surface area contributed by atoms with Gasteiger partial charge in [0.15, 0.2) is 0 Å². The van der Waals surface area contributed by atoms with Crippen molar-refractivity contribution in [2.75, 3.05) is 13.6 Å². The third-order valence-electron chi connectivity index (χ3n) is 6.58. The Kier molecular flexibility index (Phi) is 6.03. The third kappa shape index (κ3) is 4.11. The number of fused-ring (bicyclic) bond motifs is 3. The second-order valence-corrected chi connectivity index (χ2v) is 9.39. The lowest BCUT2D eigenvalue weighted by molar-refractivity contribution is -0.126. The van der Waals surface area contributed by atoms with Gasteiger partial charge in [-0.1, -0.05) is 6.92 Å². The normalized spacial score (nSPS) is 25.3. The largest absolute Gasteiger partial charge is 0.474 e. The van der Waals surface area contributed by atoms with Crippen LogP contribution in [0.3, 0.4) is 0 Å². The summed E-state index contributed by atoms with van der Waals surface area (Å²) in [5.41, 5.74) is 6.43. The number of nitrogens with zero attached hydrogens (tertiary/aromatic N) is 3. The van der Waals surface area contributed by atoms with E-state index < -0.39 is 12.0 Å². The first kappa shape index (κ1) is 20.5. The number of aliphatic hydroxyl groups excluding tert-OH is 1. The molecular formula is C21H30N4O3S. The first-order valence-corrected chi connectivity index (χ1v) is 11.4. The molecule has 0 aromatic carbocycles. The van der Waals surface area contributed by atoms with Crippen molar-refractivity contribution >= 4 is 27.5 Å². The summed E-state index contributed by atoms with van der Waals surface area (Å²) >= 11 is 1.67. The molecule has 1 fully saturated rings. The fraction of sp³-hybridized carbons (Fsp3) is 0.667. The molecule has 0 unspecified atom stereocenters. The van der Waals surface area contributed by atoms with Gasteiger partial charge >= 0.3 is 0 Å². The summed E-state index contributed by atoms with van der Waals surface area (Å²) < 4.78 is 6.40. The van der Waals surface area contributed by atoms with Gasteiger partial charge in [-0.25, -0.2) is 9.97 Å². The lowest BCUT2D eigenvalue weighted by atomic mass is 9.92. The molecule has 2 heterocycles. The van der Waals surface area contributed by atoms with E-state index in [2.05, 4.69) is 28.8 Å². The number of aromatic nitrogens is 2. The molecular weight excluding hydrogens is 388 g/mol. The van der Waals surface area contributed by atoms with Crippen LogP contribution in [0.15, 0.2) is 6.33 Å². The zero-order valence-corrected chi connectivity index (χ0v) is 18.0. The molecule has 1 amide bonds. The number of aliphatic hydroxyl groups is 1. The van der Waals surface area contributed by atoms with E-state index in [0.717, 1.165) is 60.8 Å². The van der Waals surface area contributed by atoms with Crippen molar-refractivity contribution in [2.45, 2.75) is 76.0 Å². The van der Waals surface area contributed by atoms with Crippen molar-refractivity contribution in [1.29, 1.82) is 0 Å². The zero-order chi connectivity index (χ0) is 20.5. The molecule has 2 aliphatic carbocycles. The Morgan fingerprint density at radius 1 is 1.34 bits per heavy atom. The highest BCUT2D eigenvalue weighted by Gasteiger charge is 2.33. The topological polar surface area (TPSA) is 102 Å². The van der Waals surface area contributed by atoms with E-state index in [1.807, 2.05) is 0 Å². The fourth-order valence-corrected chi connectivity index (χ4v) is 6.00. The number of rotatable bonds is 7. The molecule has 2 aliphatic rings. The van der Waals surface area contributed by atoms with Crippen molar-refractivity contribution in [3.05, 3.63) is 16.8 Å². The van der Waals surface area contributed by atoms with Crippen molar-refractivity contribution < 1.29 is 14.6 Å². The minimum atomic E-state index is -1.12. The molecule has 2 aromatic heterocycles. The smallest absolute Gasteiger partial charge is 0.246 e. The lowest BCUT2D eigenvalue weighted by Crippen LogP contribution is -2.37. The molecule has 29 heavy (non-hydrogen) atoms. The van der Waals surface area contributed by atoms with Crippen LogP contribution >= 0.6 is 11.3 Å². The van der Waals surface area contributed by atoms with Crippen molar-refractivity contribution in [1.82, 2.24) is 14.9 Å². The Morgan fingerprint density at radius 2 is 2.10 bits per heavy atom.